The molecule has 2 N–H and O–H groups in total. The largest absolute Gasteiger partial charge is 0.326 e. The minimum atomic E-state index is -3.56. The molecule has 1 aliphatic heterocycles. The Kier molecular flexibility index (Phi) is 3.96. The van der Waals surface area contributed by atoms with E-state index in [-0.39, 0.29) is 17.4 Å². The highest BCUT2D eigenvalue weighted by atomic mass is 32.2. The molecule has 27 heavy (non-hydrogen) atoms. The van der Waals surface area contributed by atoms with Crippen molar-refractivity contribution in [3.63, 3.8) is 0 Å². The van der Waals surface area contributed by atoms with Crippen molar-refractivity contribution in [1.82, 2.24) is 4.72 Å². The molecule has 5 aliphatic rings. The van der Waals surface area contributed by atoms with Crippen LogP contribution < -0.4 is 10.0 Å². The standard InChI is InChI=1S/C21H28N2O3S/c1-13(21-10-14-6-15(11-21)8-16(7-14)12-21)23-27(25,26)18-3-4-19-17(9-18)2-5-20(24)22-19/h3-4,9,13-16,23H,2,5-8,10-12H2,1H3,(H,22,24)/t13-,14?,15?,16?,21?/m1/s1. The normalized spacial score (nSPS) is 35.6. The van der Waals surface area contributed by atoms with Crippen LogP contribution in [0.15, 0.2) is 23.1 Å². The van der Waals surface area contributed by atoms with Crippen LogP contribution >= 0.6 is 0 Å². The van der Waals surface area contributed by atoms with Gasteiger partial charge in [0.2, 0.25) is 15.9 Å². The highest BCUT2D eigenvalue weighted by molar-refractivity contribution is 7.89. The molecule has 0 aromatic heterocycles. The fourth-order valence-electron chi connectivity index (χ4n) is 6.66. The lowest BCUT2D eigenvalue weighted by molar-refractivity contribution is -0.116. The highest BCUT2D eigenvalue weighted by Crippen LogP contribution is 2.61. The van der Waals surface area contributed by atoms with Crippen LogP contribution in [0.4, 0.5) is 5.69 Å². The molecule has 1 atom stereocenters. The van der Waals surface area contributed by atoms with Crippen LogP contribution in [0.2, 0.25) is 0 Å². The molecular formula is C21H28N2O3S. The predicted molar refractivity (Wildman–Crippen MR) is 104 cm³/mol. The molecule has 6 rings (SSSR count). The lowest BCUT2D eigenvalue weighted by Gasteiger charge is -2.59. The van der Waals surface area contributed by atoms with Crippen LogP contribution in [0.3, 0.4) is 0 Å². The molecule has 4 fully saturated rings. The molecule has 1 aromatic carbocycles. The molecule has 6 heteroatoms. The van der Waals surface area contributed by atoms with Gasteiger partial charge < -0.3 is 5.32 Å². The Hall–Kier alpha value is -1.40. The second kappa shape index (κ2) is 6.05. The van der Waals surface area contributed by atoms with Crippen molar-refractivity contribution >= 4 is 21.6 Å². The number of hydrogen-bond donors (Lipinski definition) is 2. The van der Waals surface area contributed by atoms with E-state index in [4.69, 9.17) is 0 Å². The van der Waals surface area contributed by atoms with E-state index in [2.05, 4.69) is 17.0 Å². The second-order valence-electron chi connectivity index (χ2n) is 9.49. The third-order valence-corrected chi connectivity index (χ3v) is 9.16. The summed E-state index contributed by atoms with van der Waals surface area (Å²) in [6.45, 7) is 2.07. The number of carbonyl (C=O) groups is 1. The van der Waals surface area contributed by atoms with E-state index in [0.717, 1.165) is 29.0 Å². The van der Waals surface area contributed by atoms with E-state index >= 15 is 0 Å². The maximum atomic E-state index is 13.1. The Balaban J connectivity index is 1.38. The van der Waals surface area contributed by atoms with Crippen LogP contribution in [-0.2, 0) is 21.2 Å². The van der Waals surface area contributed by atoms with E-state index in [1.54, 1.807) is 18.2 Å². The maximum absolute atomic E-state index is 13.1. The van der Waals surface area contributed by atoms with E-state index < -0.39 is 10.0 Å². The first-order valence-electron chi connectivity index (χ1n) is 10.3. The first kappa shape index (κ1) is 17.7. The number of benzene rings is 1. The summed E-state index contributed by atoms with van der Waals surface area (Å²) in [5.74, 6) is 2.40. The Labute approximate surface area is 161 Å². The Morgan fingerprint density at radius 1 is 1.07 bits per heavy atom. The van der Waals surface area contributed by atoms with Gasteiger partial charge in [-0.05, 0) is 98.8 Å². The summed E-state index contributed by atoms with van der Waals surface area (Å²) >= 11 is 0. The van der Waals surface area contributed by atoms with Gasteiger partial charge in [-0.2, -0.15) is 0 Å². The van der Waals surface area contributed by atoms with Gasteiger partial charge in [0, 0.05) is 18.2 Å². The summed E-state index contributed by atoms with van der Waals surface area (Å²) in [5, 5.41) is 2.81. The molecule has 1 heterocycles. The van der Waals surface area contributed by atoms with Gasteiger partial charge in [-0.15, -0.1) is 0 Å². The van der Waals surface area contributed by atoms with Crippen molar-refractivity contribution in [1.29, 1.82) is 0 Å². The molecule has 0 unspecified atom stereocenters. The zero-order valence-electron chi connectivity index (χ0n) is 15.8. The first-order chi connectivity index (χ1) is 12.8. The Morgan fingerprint density at radius 2 is 1.70 bits per heavy atom. The van der Waals surface area contributed by atoms with E-state index in [9.17, 15) is 13.2 Å². The molecule has 1 amide bonds. The van der Waals surface area contributed by atoms with Gasteiger partial charge in [-0.3, -0.25) is 4.79 Å². The molecule has 1 aromatic rings. The summed E-state index contributed by atoms with van der Waals surface area (Å²) in [4.78, 5) is 11.8. The molecule has 0 spiro atoms. The van der Waals surface area contributed by atoms with E-state index in [1.165, 1.54) is 38.5 Å². The fourth-order valence-corrected chi connectivity index (χ4v) is 8.06. The zero-order chi connectivity index (χ0) is 18.8. The van der Waals surface area contributed by atoms with Crippen LogP contribution in [-0.4, -0.2) is 20.4 Å². The van der Waals surface area contributed by atoms with Crippen molar-refractivity contribution in [3.05, 3.63) is 23.8 Å². The third-order valence-electron chi connectivity index (χ3n) is 7.62. The number of anilines is 1. The number of fused-ring (bicyclic) bond motifs is 1. The van der Waals surface area contributed by atoms with Crippen molar-refractivity contribution in [2.24, 2.45) is 23.2 Å². The topological polar surface area (TPSA) is 75.3 Å². The SMILES string of the molecule is C[C@@H](NS(=O)(=O)c1ccc2c(c1)CCC(=O)N2)C12CC3CC(CC(C3)C1)C2. The molecular weight excluding hydrogens is 360 g/mol. The molecule has 4 bridgehead atoms. The fraction of sp³-hybridized carbons (Fsp3) is 0.667. The smallest absolute Gasteiger partial charge is 0.240 e. The van der Waals surface area contributed by atoms with Crippen molar-refractivity contribution in [2.45, 2.75) is 69.2 Å². The van der Waals surface area contributed by atoms with Gasteiger partial charge in [0.1, 0.15) is 0 Å². The summed E-state index contributed by atoms with van der Waals surface area (Å²) < 4.78 is 29.2. The van der Waals surface area contributed by atoms with Gasteiger partial charge in [0.05, 0.1) is 4.90 Å². The number of amides is 1. The number of nitrogens with one attached hydrogen (secondary N) is 2. The molecule has 146 valence electrons. The van der Waals surface area contributed by atoms with Crippen LogP contribution in [0.1, 0.15) is 57.4 Å². The number of hydrogen-bond acceptors (Lipinski definition) is 3. The molecule has 4 aliphatic carbocycles. The zero-order valence-corrected chi connectivity index (χ0v) is 16.6. The van der Waals surface area contributed by atoms with Crippen LogP contribution in [0.25, 0.3) is 0 Å². The summed E-state index contributed by atoms with van der Waals surface area (Å²) in [6, 6.07) is 5.02. The number of sulfonamides is 1. The van der Waals surface area contributed by atoms with Gasteiger partial charge in [0.15, 0.2) is 0 Å². The van der Waals surface area contributed by atoms with Gasteiger partial charge in [-0.25, -0.2) is 13.1 Å². The lowest BCUT2D eigenvalue weighted by Crippen LogP contribution is -2.55. The minimum Gasteiger partial charge on any atom is -0.326 e. The summed E-state index contributed by atoms with van der Waals surface area (Å²) in [5.41, 5.74) is 1.78. The average molecular weight is 389 g/mol. The summed E-state index contributed by atoms with van der Waals surface area (Å²) in [6.07, 6.45) is 8.61. The van der Waals surface area contributed by atoms with E-state index in [0.29, 0.717) is 17.7 Å². The van der Waals surface area contributed by atoms with E-state index in [1.807, 2.05) is 0 Å². The molecule has 5 nitrogen and oxygen atoms in total. The second-order valence-corrected chi connectivity index (χ2v) is 11.2. The minimum absolute atomic E-state index is 0.00771. The van der Waals surface area contributed by atoms with Gasteiger partial charge in [-0.1, -0.05) is 0 Å². The van der Waals surface area contributed by atoms with Crippen molar-refractivity contribution < 1.29 is 13.2 Å². The average Bonchev–Trinajstić information content (AvgIpc) is 2.59. The number of carbonyl (C=O) groups excluding carboxylic acids is 1. The number of aryl methyl sites for hydroxylation is 1. The van der Waals surface area contributed by atoms with Gasteiger partial charge in [0.25, 0.3) is 0 Å². The van der Waals surface area contributed by atoms with Crippen LogP contribution in [0.5, 0.6) is 0 Å². The van der Waals surface area contributed by atoms with Crippen molar-refractivity contribution in [2.75, 3.05) is 5.32 Å². The molecule has 4 saturated carbocycles. The quantitative estimate of drug-likeness (QED) is 0.829. The van der Waals surface area contributed by atoms with Crippen molar-refractivity contribution in [3.8, 4) is 0 Å². The third kappa shape index (κ3) is 3.01. The lowest BCUT2D eigenvalue weighted by atomic mass is 9.48. The highest BCUT2D eigenvalue weighted by Gasteiger charge is 2.53. The predicted octanol–water partition coefficient (Wildman–Crippen LogP) is 3.45. The Bertz CT molecular complexity index is 857. The number of rotatable bonds is 4. The van der Waals surface area contributed by atoms with Crippen LogP contribution in [0, 0.1) is 23.2 Å². The summed E-state index contributed by atoms with van der Waals surface area (Å²) in [7, 11) is -3.56. The van der Waals surface area contributed by atoms with Gasteiger partial charge >= 0.3 is 0 Å². The monoisotopic (exact) mass is 388 g/mol. The molecule has 0 saturated heterocycles. The molecule has 0 radical (unpaired) electrons. The maximum Gasteiger partial charge on any atom is 0.240 e. The first-order valence-corrected chi connectivity index (χ1v) is 11.8. The Morgan fingerprint density at radius 3 is 2.33 bits per heavy atom.